The topological polar surface area (TPSA) is 140 Å². The number of aliphatic hydroxyl groups excluding tert-OH is 1. The highest BCUT2D eigenvalue weighted by Crippen LogP contribution is 2.35. The molecule has 0 aromatic heterocycles. The predicted octanol–water partition coefficient (Wildman–Crippen LogP) is 2.82. The number of benzene rings is 2. The number of nitrogens with one attached hydrogen (secondary N) is 3. The summed E-state index contributed by atoms with van der Waals surface area (Å²) < 4.78 is 22.5. The van der Waals surface area contributed by atoms with Gasteiger partial charge in [0.15, 0.2) is 17.7 Å². The molecular weight excluding hydrogens is 595 g/mol. The Morgan fingerprint density at radius 1 is 1.19 bits per heavy atom. The number of hydrogen-bond acceptors (Lipinski definition) is 9. The van der Waals surface area contributed by atoms with E-state index in [1.807, 2.05) is 25.1 Å². The quantitative estimate of drug-likeness (QED) is 0.0985. The van der Waals surface area contributed by atoms with Crippen LogP contribution in [0, 0.1) is 3.57 Å². The molecule has 0 radical (unpaired) electrons. The average molecular weight is 624 g/mol. The minimum absolute atomic E-state index is 0.118. The maximum Gasteiger partial charge on any atom is 0.337 e. The van der Waals surface area contributed by atoms with Gasteiger partial charge in [-0.25, -0.2) is 9.59 Å². The molecule has 1 heterocycles. The molecule has 1 aliphatic heterocycles. The van der Waals surface area contributed by atoms with Crippen molar-refractivity contribution in [2.45, 2.75) is 26.1 Å². The summed E-state index contributed by atoms with van der Waals surface area (Å²) in [6, 6.07) is 9.43. The molecule has 198 valence electrons. The molecular formula is C25H29IN4O7. The van der Waals surface area contributed by atoms with Crippen molar-refractivity contribution in [3.63, 3.8) is 0 Å². The Balaban J connectivity index is 1.69. The number of halogens is 1. The van der Waals surface area contributed by atoms with Crippen LogP contribution in [-0.2, 0) is 9.53 Å². The van der Waals surface area contributed by atoms with Crippen molar-refractivity contribution in [3.8, 4) is 17.2 Å². The van der Waals surface area contributed by atoms with E-state index in [4.69, 9.17) is 18.9 Å². The normalized spacial score (nSPS) is 16.1. The molecule has 2 atom stereocenters. The Hall–Kier alpha value is -3.52. The molecule has 37 heavy (non-hydrogen) atoms. The molecule has 2 amide bonds. The predicted molar refractivity (Wildman–Crippen MR) is 145 cm³/mol. The van der Waals surface area contributed by atoms with Crippen molar-refractivity contribution in [3.05, 3.63) is 62.4 Å². The molecule has 2 aromatic carbocycles. The van der Waals surface area contributed by atoms with Crippen LogP contribution in [0.1, 0.15) is 31.0 Å². The SMILES string of the molecule is CCOc1cc([C@@H]2NC(=O)NC(C)=C2C(=O)OC)ccc1OC[C@@H](O)N/N=C\c1ccc(OC)c(I)c1. The van der Waals surface area contributed by atoms with E-state index in [0.29, 0.717) is 29.4 Å². The lowest BCUT2D eigenvalue weighted by Crippen LogP contribution is -2.45. The summed E-state index contributed by atoms with van der Waals surface area (Å²) in [5, 5.41) is 19.6. The van der Waals surface area contributed by atoms with E-state index in [-0.39, 0.29) is 12.2 Å². The van der Waals surface area contributed by atoms with Crippen LogP contribution in [0.5, 0.6) is 17.2 Å². The van der Waals surface area contributed by atoms with Crippen LogP contribution in [0.4, 0.5) is 4.79 Å². The second-order valence-corrected chi connectivity index (χ2v) is 8.97. The van der Waals surface area contributed by atoms with Gasteiger partial charge in [0.1, 0.15) is 12.4 Å². The van der Waals surface area contributed by atoms with Crippen LogP contribution in [0.3, 0.4) is 0 Å². The van der Waals surface area contributed by atoms with Gasteiger partial charge >= 0.3 is 12.0 Å². The molecule has 0 unspecified atom stereocenters. The monoisotopic (exact) mass is 624 g/mol. The van der Waals surface area contributed by atoms with Gasteiger partial charge in [-0.3, -0.25) is 5.43 Å². The number of ether oxygens (including phenoxy) is 4. The lowest BCUT2D eigenvalue weighted by molar-refractivity contribution is -0.136. The number of rotatable bonds is 11. The van der Waals surface area contributed by atoms with Crippen molar-refractivity contribution < 1.29 is 33.6 Å². The third kappa shape index (κ3) is 7.26. The van der Waals surface area contributed by atoms with Crippen molar-refractivity contribution >= 4 is 40.8 Å². The molecule has 0 fully saturated rings. The fraction of sp³-hybridized carbons (Fsp3) is 0.320. The minimum atomic E-state index is -1.09. The first-order chi connectivity index (χ1) is 17.8. The fourth-order valence-electron chi connectivity index (χ4n) is 3.58. The summed E-state index contributed by atoms with van der Waals surface area (Å²) in [5.74, 6) is 0.969. The molecule has 0 aliphatic carbocycles. The summed E-state index contributed by atoms with van der Waals surface area (Å²) in [6.07, 6.45) is 0.482. The van der Waals surface area contributed by atoms with Gasteiger partial charge in [-0.1, -0.05) is 6.07 Å². The largest absolute Gasteiger partial charge is 0.496 e. The van der Waals surface area contributed by atoms with Crippen LogP contribution in [0.25, 0.3) is 0 Å². The van der Waals surface area contributed by atoms with Gasteiger partial charge < -0.3 is 34.7 Å². The summed E-state index contributed by atoms with van der Waals surface area (Å²) in [4.78, 5) is 24.4. The number of amides is 2. The molecule has 1 aliphatic rings. The van der Waals surface area contributed by atoms with Gasteiger partial charge in [0, 0.05) is 5.70 Å². The molecule has 0 spiro atoms. The lowest BCUT2D eigenvalue weighted by Gasteiger charge is -2.28. The molecule has 2 aromatic rings. The highest BCUT2D eigenvalue weighted by atomic mass is 127. The van der Waals surface area contributed by atoms with Crippen molar-refractivity contribution in [2.24, 2.45) is 5.10 Å². The van der Waals surface area contributed by atoms with Gasteiger partial charge in [-0.2, -0.15) is 5.10 Å². The Labute approximate surface area is 228 Å². The first kappa shape index (κ1) is 28.1. The summed E-state index contributed by atoms with van der Waals surface area (Å²) in [5.41, 5.74) is 4.73. The van der Waals surface area contributed by atoms with Gasteiger partial charge in [0.2, 0.25) is 0 Å². The summed E-state index contributed by atoms with van der Waals surface area (Å²) in [6.45, 7) is 3.68. The van der Waals surface area contributed by atoms with Crippen LogP contribution in [-0.4, -0.2) is 57.0 Å². The number of allylic oxidation sites excluding steroid dienone is 1. The zero-order valence-corrected chi connectivity index (χ0v) is 23.0. The molecule has 0 saturated heterocycles. The van der Waals surface area contributed by atoms with Gasteiger partial charge in [-0.15, -0.1) is 0 Å². The first-order valence-electron chi connectivity index (χ1n) is 11.3. The Morgan fingerprint density at radius 2 is 1.95 bits per heavy atom. The van der Waals surface area contributed by atoms with E-state index < -0.39 is 24.3 Å². The molecule has 0 saturated carbocycles. The maximum absolute atomic E-state index is 12.4. The Bertz CT molecular complexity index is 1200. The number of carbonyl (C=O) groups excluding carboxylic acids is 2. The molecule has 11 nitrogen and oxygen atoms in total. The van der Waals surface area contributed by atoms with Crippen LogP contribution in [0.15, 0.2) is 52.8 Å². The van der Waals surface area contributed by atoms with E-state index in [9.17, 15) is 14.7 Å². The Kier molecular flexibility index (Phi) is 9.97. The van der Waals surface area contributed by atoms with E-state index in [1.165, 1.54) is 7.11 Å². The number of hydrazone groups is 1. The first-order valence-corrected chi connectivity index (χ1v) is 12.4. The molecule has 12 heteroatoms. The van der Waals surface area contributed by atoms with Crippen LogP contribution >= 0.6 is 22.6 Å². The second-order valence-electron chi connectivity index (χ2n) is 7.81. The number of carbonyl (C=O) groups is 2. The highest BCUT2D eigenvalue weighted by molar-refractivity contribution is 14.1. The second kappa shape index (κ2) is 13.1. The van der Waals surface area contributed by atoms with Crippen LogP contribution in [0.2, 0.25) is 0 Å². The van der Waals surface area contributed by atoms with E-state index >= 15 is 0 Å². The lowest BCUT2D eigenvalue weighted by atomic mass is 9.95. The van der Waals surface area contributed by atoms with E-state index in [2.05, 4.69) is 43.8 Å². The number of urea groups is 1. The fourth-order valence-corrected chi connectivity index (χ4v) is 4.34. The van der Waals surface area contributed by atoms with E-state index in [1.54, 1.807) is 38.4 Å². The number of nitrogens with zero attached hydrogens (tertiary/aromatic N) is 1. The van der Waals surface area contributed by atoms with E-state index in [0.717, 1.165) is 14.9 Å². The number of methoxy groups -OCH3 is 2. The van der Waals surface area contributed by atoms with Crippen molar-refractivity contribution in [2.75, 3.05) is 27.4 Å². The zero-order chi connectivity index (χ0) is 26.9. The van der Waals surface area contributed by atoms with Gasteiger partial charge in [0.05, 0.1) is 42.2 Å². The molecule has 0 bridgehead atoms. The standard InChI is InChI=1S/C25H29IN4O7/c1-5-36-20-11-16(23-22(24(32)35-4)14(2)28-25(33)29-23)7-9-19(20)37-13-21(31)30-27-12-15-6-8-18(34-3)17(26)10-15/h6-12,21,23,30-31H,5,13H2,1-4H3,(H2,28,29,33)/b27-12-/t21-,23+/m1/s1. The smallest absolute Gasteiger partial charge is 0.337 e. The number of hydrogen-bond donors (Lipinski definition) is 4. The third-order valence-electron chi connectivity index (χ3n) is 5.29. The maximum atomic E-state index is 12.4. The summed E-state index contributed by atoms with van der Waals surface area (Å²) >= 11 is 2.17. The van der Waals surface area contributed by atoms with Crippen molar-refractivity contribution in [1.29, 1.82) is 0 Å². The number of esters is 1. The van der Waals surface area contributed by atoms with Gasteiger partial charge in [0.25, 0.3) is 0 Å². The minimum Gasteiger partial charge on any atom is -0.496 e. The van der Waals surface area contributed by atoms with Crippen molar-refractivity contribution in [1.82, 2.24) is 16.1 Å². The summed E-state index contributed by atoms with van der Waals surface area (Å²) in [7, 11) is 2.89. The van der Waals surface area contributed by atoms with Gasteiger partial charge in [-0.05, 0) is 77.9 Å². The molecule has 3 rings (SSSR count). The average Bonchev–Trinajstić information content (AvgIpc) is 2.87. The third-order valence-corrected chi connectivity index (χ3v) is 6.13. The highest BCUT2D eigenvalue weighted by Gasteiger charge is 2.32. The van der Waals surface area contributed by atoms with Crippen LogP contribution < -0.4 is 30.3 Å². The Morgan fingerprint density at radius 3 is 2.62 bits per heavy atom. The number of aliphatic hydroxyl groups is 1. The molecule has 4 N–H and O–H groups in total. The zero-order valence-electron chi connectivity index (χ0n) is 20.8.